The molecule has 6 nitrogen and oxygen atoms in total. The summed E-state index contributed by atoms with van der Waals surface area (Å²) >= 11 is 0. The Morgan fingerprint density at radius 2 is 1.81 bits per heavy atom. The van der Waals surface area contributed by atoms with Crippen molar-refractivity contribution in [1.29, 1.82) is 0 Å². The lowest BCUT2D eigenvalue weighted by Gasteiger charge is -2.45. The van der Waals surface area contributed by atoms with E-state index in [1.807, 2.05) is 67.8 Å². The Balaban J connectivity index is 1.64. The number of hydrogen-bond donors (Lipinski definition) is 1. The van der Waals surface area contributed by atoms with Gasteiger partial charge in [-0.05, 0) is 75.1 Å². The van der Waals surface area contributed by atoms with Crippen LogP contribution in [0.2, 0.25) is 0 Å². The second-order valence-corrected chi connectivity index (χ2v) is 9.26. The Labute approximate surface area is 188 Å². The number of rotatable bonds is 4. The summed E-state index contributed by atoms with van der Waals surface area (Å²) in [5.74, 6) is 0.401. The van der Waals surface area contributed by atoms with Gasteiger partial charge in [-0.2, -0.15) is 0 Å². The van der Waals surface area contributed by atoms with Crippen LogP contribution in [0.3, 0.4) is 0 Å². The number of carbonyl (C=O) groups excluding carboxylic acids is 2. The molecule has 2 aliphatic rings. The molecule has 0 radical (unpaired) electrons. The van der Waals surface area contributed by atoms with Gasteiger partial charge in [0, 0.05) is 11.7 Å². The maximum atomic E-state index is 13.9. The number of aryl methyl sites for hydroxylation is 1. The van der Waals surface area contributed by atoms with Crippen molar-refractivity contribution in [2.24, 2.45) is 0 Å². The average molecular weight is 432 g/mol. The van der Waals surface area contributed by atoms with E-state index in [2.05, 4.69) is 5.32 Å². The zero-order valence-corrected chi connectivity index (χ0v) is 18.9. The monoisotopic (exact) mass is 431 g/mol. The van der Waals surface area contributed by atoms with Gasteiger partial charge in [0.05, 0.1) is 18.5 Å². The molecule has 0 saturated heterocycles. The number of fused-ring (bicyclic) bond motifs is 1. The standard InChI is InChI=1S/C26H29N3O3/c1-17-8-6-11-20(18(17)2)29-24(30)22-14-13-21(23-12-7-15-32-23)28(22)16-26(29,3)25(31)27-19-9-4-5-10-19/h6-8,11-15,19H,4-5,9-10,16H2,1-3H3,(H,27,31). The van der Waals surface area contributed by atoms with E-state index in [4.69, 9.17) is 4.42 Å². The van der Waals surface area contributed by atoms with Crippen LogP contribution < -0.4 is 10.2 Å². The van der Waals surface area contributed by atoms with Crippen molar-refractivity contribution in [3.63, 3.8) is 0 Å². The second kappa shape index (κ2) is 7.69. The van der Waals surface area contributed by atoms with Crippen molar-refractivity contribution in [3.05, 3.63) is 65.5 Å². The summed E-state index contributed by atoms with van der Waals surface area (Å²) in [4.78, 5) is 29.4. The number of benzene rings is 1. The van der Waals surface area contributed by atoms with Crippen molar-refractivity contribution in [2.45, 2.75) is 64.6 Å². The van der Waals surface area contributed by atoms with Crippen LogP contribution in [0, 0.1) is 13.8 Å². The number of amides is 2. The SMILES string of the molecule is Cc1cccc(N2C(=O)c3ccc(-c4ccco4)n3CC2(C)C(=O)NC2CCCC2)c1C. The van der Waals surface area contributed by atoms with E-state index in [0.29, 0.717) is 18.0 Å². The van der Waals surface area contributed by atoms with E-state index < -0.39 is 5.54 Å². The molecule has 3 heterocycles. The minimum Gasteiger partial charge on any atom is -0.463 e. The first-order valence-electron chi connectivity index (χ1n) is 11.4. The Hall–Kier alpha value is -3.28. The van der Waals surface area contributed by atoms with Crippen molar-refractivity contribution < 1.29 is 14.0 Å². The number of nitrogens with one attached hydrogen (secondary N) is 1. The van der Waals surface area contributed by atoms with Gasteiger partial charge in [0.1, 0.15) is 17.0 Å². The van der Waals surface area contributed by atoms with Gasteiger partial charge in [-0.25, -0.2) is 0 Å². The number of hydrogen-bond acceptors (Lipinski definition) is 3. The Morgan fingerprint density at radius 3 is 2.53 bits per heavy atom. The first kappa shape index (κ1) is 20.6. The Bertz CT molecular complexity index is 1170. The molecule has 1 N–H and O–H groups in total. The first-order valence-corrected chi connectivity index (χ1v) is 11.4. The number of carbonyl (C=O) groups is 2. The summed E-state index contributed by atoms with van der Waals surface area (Å²) in [7, 11) is 0. The third-order valence-electron chi connectivity index (χ3n) is 7.13. The predicted octanol–water partition coefficient (Wildman–Crippen LogP) is 4.84. The molecule has 1 saturated carbocycles. The van der Waals surface area contributed by atoms with Crippen LogP contribution in [0.25, 0.3) is 11.5 Å². The molecule has 0 spiro atoms. The van der Waals surface area contributed by atoms with Gasteiger partial charge in [0.25, 0.3) is 5.91 Å². The van der Waals surface area contributed by atoms with Crippen molar-refractivity contribution in [1.82, 2.24) is 9.88 Å². The number of furan rings is 1. The Morgan fingerprint density at radius 1 is 1.06 bits per heavy atom. The lowest BCUT2D eigenvalue weighted by atomic mass is 9.91. The molecular weight excluding hydrogens is 402 g/mol. The van der Waals surface area contributed by atoms with Gasteiger partial charge in [-0.1, -0.05) is 25.0 Å². The minimum atomic E-state index is -1.08. The second-order valence-electron chi connectivity index (χ2n) is 9.26. The number of anilines is 1. The highest BCUT2D eigenvalue weighted by atomic mass is 16.3. The van der Waals surface area contributed by atoms with Crippen LogP contribution in [-0.2, 0) is 11.3 Å². The average Bonchev–Trinajstić information content (AvgIpc) is 3.52. The molecule has 1 atom stereocenters. The van der Waals surface area contributed by atoms with Gasteiger partial charge in [0.2, 0.25) is 5.91 Å². The topological polar surface area (TPSA) is 67.5 Å². The van der Waals surface area contributed by atoms with Crippen LogP contribution in [0.15, 0.2) is 53.1 Å². The first-order chi connectivity index (χ1) is 15.4. The molecule has 1 aliphatic heterocycles. The molecule has 3 aromatic rings. The fourth-order valence-electron chi connectivity index (χ4n) is 5.12. The van der Waals surface area contributed by atoms with E-state index in [9.17, 15) is 9.59 Å². The highest BCUT2D eigenvalue weighted by Gasteiger charge is 2.49. The third kappa shape index (κ3) is 3.17. The molecule has 1 aromatic carbocycles. The summed E-state index contributed by atoms with van der Waals surface area (Å²) in [6.07, 6.45) is 5.86. The maximum Gasteiger partial charge on any atom is 0.275 e. The van der Waals surface area contributed by atoms with E-state index in [0.717, 1.165) is 48.2 Å². The van der Waals surface area contributed by atoms with E-state index in [1.165, 1.54) is 0 Å². The lowest BCUT2D eigenvalue weighted by molar-refractivity contribution is -0.127. The summed E-state index contributed by atoms with van der Waals surface area (Å²) in [5.41, 5.74) is 3.16. The number of aromatic nitrogens is 1. The molecule has 5 rings (SSSR count). The quantitative estimate of drug-likeness (QED) is 0.643. The van der Waals surface area contributed by atoms with Gasteiger partial charge in [-0.15, -0.1) is 0 Å². The molecule has 0 bridgehead atoms. The Kier molecular flexibility index (Phi) is 4.96. The number of nitrogens with zero attached hydrogens (tertiary/aromatic N) is 2. The van der Waals surface area contributed by atoms with E-state index in [1.54, 1.807) is 11.2 Å². The summed E-state index contributed by atoms with van der Waals surface area (Å²) < 4.78 is 7.54. The minimum absolute atomic E-state index is 0.108. The predicted molar refractivity (Wildman–Crippen MR) is 124 cm³/mol. The highest BCUT2D eigenvalue weighted by Crippen LogP contribution is 2.38. The van der Waals surface area contributed by atoms with E-state index in [-0.39, 0.29) is 17.9 Å². The summed E-state index contributed by atoms with van der Waals surface area (Å²) in [5, 5.41) is 3.25. The van der Waals surface area contributed by atoms with Crippen LogP contribution in [0.5, 0.6) is 0 Å². The summed E-state index contributed by atoms with van der Waals surface area (Å²) in [6, 6.07) is 13.5. The largest absolute Gasteiger partial charge is 0.463 e. The van der Waals surface area contributed by atoms with Gasteiger partial charge in [-0.3, -0.25) is 14.5 Å². The highest BCUT2D eigenvalue weighted by molar-refractivity contribution is 6.12. The molecule has 166 valence electrons. The summed E-state index contributed by atoms with van der Waals surface area (Å²) in [6.45, 7) is 6.27. The third-order valence-corrected chi connectivity index (χ3v) is 7.13. The van der Waals surface area contributed by atoms with Crippen LogP contribution in [-0.4, -0.2) is 28.0 Å². The van der Waals surface area contributed by atoms with Gasteiger partial charge >= 0.3 is 0 Å². The zero-order valence-electron chi connectivity index (χ0n) is 18.9. The van der Waals surface area contributed by atoms with Crippen molar-refractivity contribution >= 4 is 17.5 Å². The van der Waals surface area contributed by atoms with E-state index >= 15 is 0 Å². The smallest absolute Gasteiger partial charge is 0.275 e. The normalized spacial score (nSPS) is 21.1. The van der Waals surface area contributed by atoms with Crippen LogP contribution >= 0.6 is 0 Å². The molecule has 32 heavy (non-hydrogen) atoms. The molecule has 1 unspecified atom stereocenters. The van der Waals surface area contributed by atoms with Crippen LogP contribution in [0.4, 0.5) is 5.69 Å². The molecular formula is C26H29N3O3. The van der Waals surface area contributed by atoms with Gasteiger partial charge in [0.15, 0.2) is 0 Å². The molecule has 2 amide bonds. The maximum absolute atomic E-state index is 13.9. The van der Waals surface area contributed by atoms with Crippen LogP contribution in [0.1, 0.15) is 54.2 Å². The van der Waals surface area contributed by atoms with Crippen molar-refractivity contribution in [2.75, 3.05) is 4.90 Å². The lowest BCUT2D eigenvalue weighted by Crippen LogP contribution is -2.65. The molecule has 6 heteroatoms. The zero-order chi connectivity index (χ0) is 22.5. The fourth-order valence-corrected chi connectivity index (χ4v) is 5.12. The van der Waals surface area contributed by atoms with Gasteiger partial charge < -0.3 is 14.3 Å². The molecule has 1 fully saturated rings. The fraction of sp³-hybridized carbons (Fsp3) is 0.385. The molecule has 2 aromatic heterocycles. The molecule has 1 aliphatic carbocycles. The van der Waals surface area contributed by atoms with Crippen molar-refractivity contribution in [3.8, 4) is 11.5 Å².